The molecule has 130 valence electrons. The van der Waals surface area contributed by atoms with Crippen molar-refractivity contribution in [1.29, 1.82) is 0 Å². The van der Waals surface area contributed by atoms with Crippen LogP contribution < -0.4 is 5.73 Å². The summed E-state index contributed by atoms with van der Waals surface area (Å²) in [6.45, 7) is 6.79. The first-order chi connectivity index (χ1) is 10.6. The molecule has 1 aliphatic rings. The highest BCUT2D eigenvalue weighted by molar-refractivity contribution is 7.08. The number of hydrogen-bond acceptors (Lipinski definition) is 4. The number of thiophene rings is 1. The molecule has 2 heterocycles. The van der Waals surface area contributed by atoms with Gasteiger partial charge >= 0.3 is 0 Å². The molecule has 1 fully saturated rings. The Morgan fingerprint density at radius 2 is 1.74 bits per heavy atom. The van der Waals surface area contributed by atoms with Crippen molar-refractivity contribution < 1.29 is 9.59 Å². The zero-order valence-corrected chi connectivity index (χ0v) is 15.4. The van der Waals surface area contributed by atoms with E-state index >= 15 is 0 Å². The maximum atomic E-state index is 12.8. The highest BCUT2D eigenvalue weighted by atomic mass is 35.5. The Morgan fingerprint density at radius 3 is 2.17 bits per heavy atom. The summed E-state index contributed by atoms with van der Waals surface area (Å²) in [5.41, 5.74) is 6.16. The second kappa shape index (κ2) is 8.66. The van der Waals surface area contributed by atoms with Gasteiger partial charge in [0, 0.05) is 38.1 Å². The van der Waals surface area contributed by atoms with E-state index in [2.05, 4.69) is 0 Å². The summed E-state index contributed by atoms with van der Waals surface area (Å²) in [6, 6.07) is 1.85. The molecule has 2 amide bonds. The van der Waals surface area contributed by atoms with Crippen LogP contribution in [0.4, 0.5) is 0 Å². The van der Waals surface area contributed by atoms with E-state index in [9.17, 15) is 9.59 Å². The minimum atomic E-state index is -0.445. The molecule has 0 unspecified atom stereocenters. The van der Waals surface area contributed by atoms with Crippen molar-refractivity contribution in [3.63, 3.8) is 0 Å². The molecule has 5 nitrogen and oxygen atoms in total. The lowest BCUT2D eigenvalue weighted by molar-refractivity contribution is -0.143. The molecular formula is C16H26ClN3O2S. The zero-order valence-electron chi connectivity index (χ0n) is 13.8. The molecule has 0 saturated carbocycles. The summed E-state index contributed by atoms with van der Waals surface area (Å²) in [5.74, 6) is 0.201. The van der Waals surface area contributed by atoms with Gasteiger partial charge in [0.15, 0.2) is 0 Å². The third kappa shape index (κ3) is 4.05. The fourth-order valence-corrected chi connectivity index (χ4v) is 3.57. The fraction of sp³-hybridized carbons (Fsp3) is 0.625. The molecule has 1 saturated heterocycles. The number of rotatable bonds is 5. The summed E-state index contributed by atoms with van der Waals surface area (Å²) in [5, 5.41) is 3.78. The fourth-order valence-electron chi connectivity index (χ4n) is 2.95. The number of piperazine rings is 1. The lowest BCUT2D eigenvalue weighted by Crippen LogP contribution is -2.55. The zero-order chi connectivity index (χ0) is 16.2. The highest BCUT2D eigenvalue weighted by Gasteiger charge is 2.38. The topological polar surface area (TPSA) is 66.6 Å². The average Bonchev–Trinajstić information content (AvgIpc) is 3.11. The summed E-state index contributed by atoms with van der Waals surface area (Å²) >= 11 is 1.52. The molecule has 23 heavy (non-hydrogen) atoms. The third-order valence-electron chi connectivity index (χ3n) is 4.82. The molecule has 0 aromatic carbocycles. The standard InChI is InChI=1S/C16H25N3O2S.ClH/c1-3-16(4-2,12-17)15(21)19-8-6-18(7-9-19)14(20)13-5-10-22-11-13;/h5,10-11H,3-4,6-9,12,17H2,1-2H3;1H. The van der Waals surface area contributed by atoms with Gasteiger partial charge in [0.1, 0.15) is 0 Å². The predicted octanol–water partition coefficient (Wildman–Crippen LogP) is 2.22. The first kappa shape index (κ1) is 19.9. The third-order valence-corrected chi connectivity index (χ3v) is 5.50. The Bertz CT molecular complexity index is 501. The number of nitrogens with zero attached hydrogens (tertiary/aromatic N) is 2. The minimum Gasteiger partial charge on any atom is -0.339 e. The molecule has 1 aromatic rings. The highest BCUT2D eigenvalue weighted by Crippen LogP contribution is 2.28. The molecule has 1 aliphatic heterocycles. The van der Waals surface area contributed by atoms with Crippen molar-refractivity contribution in [1.82, 2.24) is 9.80 Å². The van der Waals surface area contributed by atoms with Gasteiger partial charge in [-0.2, -0.15) is 11.3 Å². The van der Waals surface area contributed by atoms with Crippen molar-refractivity contribution in [3.05, 3.63) is 22.4 Å². The van der Waals surface area contributed by atoms with E-state index in [1.165, 1.54) is 11.3 Å². The van der Waals surface area contributed by atoms with Crippen LogP contribution in [0.2, 0.25) is 0 Å². The summed E-state index contributed by atoms with van der Waals surface area (Å²) in [6.07, 6.45) is 1.51. The van der Waals surface area contributed by atoms with Crippen LogP contribution >= 0.6 is 23.7 Å². The molecule has 0 spiro atoms. The lowest BCUT2D eigenvalue weighted by Gasteiger charge is -2.40. The molecule has 0 aliphatic carbocycles. The van der Waals surface area contributed by atoms with Crippen molar-refractivity contribution in [3.8, 4) is 0 Å². The van der Waals surface area contributed by atoms with Gasteiger partial charge in [-0.1, -0.05) is 13.8 Å². The van der Waals surface area contributed by atoms with Crippen LogP contribution in [-0.4, -0.2) is 54.3 Å². The maximum absolute atomic E-state index is 12.8. The van der Waals surface area contributed by atoms with Gasteiger partial charge in [0.05, 0.1) is 11.0 Å². The molecule has 1 aromatic heterocycles. The normalized spacial score (nSPS) is 15.3. The van der Waals surface area contributed by atoms with Gasteiger partial charge in [-0.25, -0.2) is 0 Å². The van der Waals surface area contributed by atoms with E-state index < -0.39 is 5.41 Å². The van der Waals surface area contributed by atoms with Gasteiger partial charge in [0.25, 0.3) is 5.91 Å². The van der Waals surface area contributed by atoms with E-state index in [1.807, 2.05) is 40.5 Å². The lowest BCUT2D eigenvalue weighted by atomic mass is 9.81. The quantitative estimate of drug-likeness (QED) is 0.876. The Balaban J connectivity index is 0.00000264. The van der Waals surface area contributed by atoms with E-state index in [0.29, 0.717) is 32.7 Å². The number of carbonyl (C=O) groups excluding carboxylic acids is 2. The van der Waals surface area contributed by atoms with Crippen molar-refractivity contribution in [2.24, 2.45) is 11.1 Å². The molecule has 0 radical (unpaired) electrons. The first-order valence-electron chi connectivity index (χ1n) is 7.89. The van der Waals surface area contributed by atoms with Gasteiger partial charge in [-0.15, -0.1) is 12.4 Å². The van der Waals surface area contributed by atoms with Crippen LogP contribution in [-0.2, 0) is 4.79 Å². The second-order valence-corrected chi connectivity index (χ2v) is 6.57. The number of carbonyl (C=O) groups is 2. The van der Waals surface area contributed by atoms with Gasteiger partial charge < -0.3 is 15.5 Å². The van der Waals surface area contributed by atoms with Crippen LogP contribution in [0.25, 0.3) is 0 Å². The summed E-state index contributed by atoms with van der Waals surface area (Å²) in [4.78, 5) is 28.8. The van der Waals surface area contributed by atoms with Gasteiger partial charge in [-0.3, -0.25) is 9.59 Å². The van der Waals surface area contributed by atoms with Gasteiger partial charge in [0.2, 0.25) is 5.91 Å². The van der Waals surface area contributed by atoms with Crippen LogP contribution in [0.5, 0.6) is 0 Å². The smallest absolute Gasteiger partial charge is 0.254 e. The van der Waals surface area contributed by atoms with Gasteiger partial charge in [-0.05, 0) is 24.3 Å². The van der Waals surface area contributed by atoms with E-state index in [0.717, 1.165) is 18.4 Å². The number of hydrogen-bond donors (Lipinski definition) is 1. The Morgan fingerprint density at radius 1 is 1.17 bits per heavy atom. The monoisotopic (exact) mass is 359 g/mol. The molecule has 0 bridgehead atoms. The SMILES string of the molecule is CCC(CC)(CN)C(=O)N1CCN(C(=O)c2ccsc2)CC1.Cl. The first-order valence-corrected chi connectivity index (χ1v) is 8.83. The van der Waals surface area contributed by atoms with Crippen LogP contribution in [0.1, 0.15) is 37.0 Å². The van der Waals surface area contributed by atoms with Crippen LogP contribution in [0.3, 0.4) is 0 Å². The van der Waals surface area contributed by atoms with E-state index in [4.69, 9.17) is 5.73 Å². The maximum Gasteiger partial charge on any atom is 0.254 e. The molecule has 2 rings (SSSR count). The predicted molar refractivity (Wildman–Crippen MR) is 96.1 cm³/mol. The summed E-state index contributed by atoms with van der Waals surface area (Å²) in [7, 11) is 0. The average molecular weight is 360 g/mol. The largest absolute Gasteiger partial charge is 0.339 e. The Hall–Kier alpha value is -1.11. The molecule has 0 atom stereocenters. The molecule has 2 N–H and O–H groups in total. The molecule has 7 heteroatoms. The Kier molecular flexibility index (Phi) is 7.51. The molecular weight excluding hydrogens is 334 g/mol. The number of halogens is 1. The number of amides is 2. The Labute approximate surface area is 148 Å². The van der Waals surface area contributed by atoms with Crippen LogP contribution in [0, 0.1) is 5.41 Å². The second-order valence-electron chi connectivity index (χ2n) is 5.79. The number of nitrogens with two attached hydrogens (primary N) is 1. The summed E-state index contributed by atoms with van der Waals surface area (Å²) < 4.78 is 0. The van der Waals surface area contributed by atoms with E-state index in [1.54, 1.807) is 0 Å². The van der Waals surface area contributed by atoms with Crippen LogP contribution in [0.15, 0.2) is 16.8 Å². The minimum absolute atomic E-state index is 0. The van der Waals surface area contributed by atoms with E-state index in [-0.39, 0.29) is 24.2 Å². The van der Waals surface area contributed by atoms with Crippen molar-refractivity contribution in [2.45, 2.75) is 26.7 Å². The van der Waals surface area contributed by atoms with Crippen molar-refractivity contribution >= 4 is 35.6 Å². The van der Waals surface area contributed by atoms with Crippen molar-refractivity contribution in [2.75, 3.05) is 32.7 Å².